The summed E-state index contributed by atoms with van der Waals surface area (Å²) in [5.41, 5.74) is 0. The summed E-state index contributed by atoms with van der Waals surface area (Å²) >= 11 is 0. The lowest BCUT2D eigenvalue weighted by molar-refractivity contribution is 0.408. The van der Waals surface area contributed by atoms with Crippen molar-refractivity contribution < 1.29 is 12.9 Å². The molecule has 0 saturated carbocycles. The first-order valence-corrected chi connectivity index (χ1v) is 6.67. The molecule has 1 aromatic rings. The van der Waals surface area contributed by atoms with Crippen LogP contribution in [0.25, 0.3) is 0 Å². The molecule has 0 amide bonds. The van der Waals surface area contributed by atoms with Crippen molar-refractivity contribution in [2.45, 2.75) is 18.9 Å². The van der Waals surface area contributed by atoms with Crippen LogP contribution in [0.4, 0.5) is 0 Å². The van der Waals surface area contributed by atoms with Crippen molar-refractivity contribution in [3.8, 4) is 0 Å². The summed E-state index contributed by atoms with van der Waals surface area (Å²) in [5.74, 6) is 1.19. The fourth-order valence-electron chi connectivity index (χ4n) is 1.65. The molecule has 0 aliphatic carbocycles. The van der Waals surface area contributed by atoms with Gasteiger partial charge < -0.3 is 9.84 Å². The highest BCUT2D eigenvalue weighted by Crippen LogP contribution is 2.10. The minimum atomic E-state index is -2.79. The van der Waals surface area contributed by atoms with Gasteiger partial charge in [0.25, 0.3) is 0 Å². The van der Waals surface area contributed by atoms with E-state index >= 15 is 0 Å². The largest absolute Gasteiger partial charge is 0.343 e. The summed E-state index contributed by atoms with van der Waals surface area (Å²) in [6, 6.07) is 0.0851. The summed E-state index contributed by atoms with van der Waals surface area (Å²) in [6.07, 6.45) is 2.65. The lowest BCUT2D eigenvalue weighted by Crippen LogP contribution is -2.31. The maximum atomic E-state index is 11.2. The zero-order valence-electron chi connectivity index (χ0n) is 8.22. The highest BCUT2D eigenvalue weighted by molar-refractivity contribution is 7.91. The van der Waals surface area contributed by atoms with Gasteiger partial charge in [0.05, 0.1) is 11.5 Å². The first kappa shape index (κ1) is 10.6. The van der Waals surface area contributed by atoms with Crippen LogP contribution in [0, 0.1) is 0 Å². The van der Waals surface area contributed by atoms with Crippen LogP contribution in [-0.2, 0) is 16.3 Å². The molecular weight excluding hydrogens is 218 g/mol. The van der Waals surface area contributed by atoms with Crippen LogP contribution in [0.2, 0.25) is 0 Å². The zero-order chi connectivity index (χ0) is 10.7. The molecule has 1 atom stereocenters. The zero-order valence-corrected chi connectivity index (χ0v) is 9.03. The second-order valence-electron chi connectivity index (χ2n) is 3.65. The van der Waals surface area contributed by atoms with Crippen LogP contribution in [-0.4, -0.2) is 42.7 Å². The minimum absolute atomic E-state index is 0.0851. The molecule has 1 aliphatic heterocycles. The number of aromatic nitrogens is 2. The monoisotopic (exact) mass is 231 g/mol. The van der Waals surface area contributed by atoms with Gasteiger partial charge in [-0.15, -0.1) is 0 Å². The Kier molecular flexibility index (Phi) is 3.01. The van der Waals surface area contributed by atoms with Crippen molar-refractivity contribution in [3.05, 3.63) is 12.2 Å². The Bertz CT molecular complexity index is 401. The number of hydrogen-bond donors (Lipinski definition) is 1. The first-order valence-electron chi connectivity index (χ1n) is 4.85. The molecule has 84 valence electrons. The van der Waals surface area contributed by atoms with E-state index in [0.29, 0.717) is 31.0 Å². The highest BCUT2D eigenvalue weighted by atomic mass is 32.2. The standard InChI is InChI=1S/C8H13N3O3S/c12-15(13)4-2-7(5-15)9-3-1-8-10-6-14-11-8/h6-7,9H,1-5H2. The van der Waals surface area contributed by atoms with Gasteiger partial charge in [-0.05, 0) is 6.42 Å². The van der Waals surface area contributed by atoms with Crippen molar-refractivity contribution >= 4 is 9.84 Å². The number of rotatable bonds is 4. The van der Waals surface area contributed by atoms with Crippen LogP contribution in [0.1, 0.15) is 12.2 Å². The van der Waals surface area contributed by atoms with Gasteiger partial charge in [-0.3, -0.25) is 0 Å². The maximum Gasteiger partial charge on any atom is 0.213 e. The van der Waals surface area contributed by atoms with Gasteiger partial charge in [-0.1, -0.05) is 5.16 Å². The third-order valence-corrected chi connectivity index (χ3v) is 4.19. The Morgan fingerprint density at radius 1 is 1.60 bits per heavy atom. The Balaban J connectivity index is 1.71. The van der Waals surface area contributed by atoms with Gasteiger partial charge in [0, 0.05) is 19.0 Å². The Hall–Kier alpha value is -0.950. The Morgan fingerprint density at radius 2 is 2.47 bits per heavy atom. The topological polar surface area (TPSA) is 85.1 Å². The second kappa shape index (κ2) is 4.28. The van der Waals surface area contributed by atoms with Gasteiger partial charge >= 0.3 is 0 Å². The van der Waals surface area contributed by atoms with E-state index in [1.807, 2.05) is 0 Å². The molecule has 7 heteroatoms. The van der Waals surface area contributed by atoms with E-state index in [1.165, 1.54) is 6.39 Å². The molecule has 0 aromatic carbocycles. The van der Waals surface area contributed by atoms with Crippen molar-refractivity contribution in [2.24, 2.45) is 0 Å². The summed E-state index contributed by atoms with van der Waals surface area (Å²) in [6.45, 7) is 0.680. The van der Waals surface area contributed by atoms with Crippen molar-refractivity contribution in [2.75, 3.05) is 18.1 Å². The molecule has 1 N–H and O–H groups in total. The molecule has 2 rings (SSSR count). The second-order valence-corrected chi connectivity index (χ2v) is 5.88. The molecule has 1 aromatic heterocycles. The molecule has 1 aliphatic rings. The molecule has 1 fully saturated rings. The lowest BCUT2D eigenvalue weighted by Gasteiger charge is -2.08. The normalized spacial score (nSPS) is 24.4. The van der Waals surface area contributed by atoms with Crippen LogP contribution >= 0.6 is 0 Å². The third kappa shape index (κ3) is 3.00. The van der Waals surface area contributed by atoms with E-state index in [9.17, 15) is 8.42 Å². The molecule has 2 heterocycles. The molecule has 15 heavy (non-hydrogen) atoms. The van der Waals surface area contributed by atoms with E-state index in [2.05, 4.69) is 20.0 Å². The lowest BCUT2D eigenvalue weighted by atomic mass is 10.2. The van der Waals surface area contributed by atoms with Gasteiger partial charge in [0.2, 0.25) is 6.39 Å². The first-order chi connectivity index (χ1) is 7.16. The van der Waals surface area contributed by atoms with Crippen LogP contribution in [0.5, 0.6) is 0 Å². The fourth-order valence-corrected chi connectivity index (χ4v) is 3.35. The molecule has 0 radical (unpaired) electrons. The van der Waals surface area contributed by atoms with E-state index in [-0.39, 0.29) is 11.8 Å². The van der Waals surface area contributed by atoms with Crippen molar-refractivity contribution in [1.29, 1.82) is 0 Å². The summed E-state index contributed by atoms with van der Waals surface area (Å²) in [7, 11) is -2.79. The fraction of sp³-hybridized carbons (Fsp3) is 0.750. The van der Waals surface area contributed by atoms with E-state index in [0.717, 1.165) is 0 Å². The van der Waals surface area contributed by atoms with Crippen LogP contribution < -0.4 is 5.32 Å². The Labute approximate surface area is 88.0 Å². The van der Waals surface area contributed by atoms with Crippen LogP contribution in [0.15, 0.2) is 10.9 Å². The molecule has 6 nitrogen and oxygen atoms in total. The molecule has 1 saturated heterocycles. The van der Waals surface area contributed by atoms with E-state index < -0.39 is 9.84 Å². The molecular formula is C8H13N3O3S. The number of sulfone groups is 1. The predicted octanol–water partition coefficient (Wildman–Crippen LogP) is -0.611. The van der Waals surface area contributed by atoms with Gasteiger partial charge in [0.1, 0.15) is 0 Å². The molecule has 0 bridgehead atoms. The van der Waals surface area contributed by atoms with Gasteiger partial charge in [-0.2, -0.15) is 4.98 Å². The van der Waals surface area contributed by atoms with Crippen molar-refractivity contribution in [3.63, 3.8) is 0 Å². The molecule has 1 unspecified atom stereocenters. The van der Waals surface area contributed by atoms with Crippen molar-refractivity contribution in [1.82, 2.24) is 15.5 Å². The van der Waals surface area contributed by atoms with Crippen LogP contribution in [0.3, 0.4) is 0 Å². The summed E-state index contributed by atoms with van der Waals surface area (Å²) in [5, 5.41) is 6.84. The average molecular weight is 231 g/mol. The maximum absolute atomic E-state index is 11.2. The quantitative estimate of drug-likeness (QED) is 0.744. The minimum Gasteiger partial charge on any atom is -0.343 e. The van der Waals surface area contributed by atoms with Gasteiger partial charge in [0.15, 0.2) is 15.7 Å². The Morgan fingerprint density at radius 3 is 3.07 bits per heavy atom. The smallest absolute Gasteiger partial charge is 0.213 e. The number of hydrogen-bond acceptors (Lipinski definition) is 6. The number of nitrogens with one attached hydrogen (secondary N) is 1. The SMILES string of the molecule is O=S1(=O)CCC(NCCc2ncon2)C1. The molecule has 0 spiro atoms. The average Bonchev–Trinajstić information content (AvgIpc) is 2.76. The number of nitrogens with zero attached hydrogens (tertiary/aromatic N) is 2. The third-order valence-electron chi connectivity index (χ3n) is 2.42. The summed E-state index contributed by atoms with van der Waals surface area (Å²) in [4.78, 5) is 3.87. The highest BCUT2D eigenvalue weighted by Gasteiger charge is 2.27. The summed E-state index contributed by atoms with van der Waals surface area (Å²) < 4.78 is 26.9. The van der Waals surface area contributed by atoms with E-state index in [1.54, 1.807) is 0 Å². The van der Waals surface area contributed by atoms with E-state index in [4.69, 9.17) is 0 Å². The predicted molar refractivity (Wildman–Crippen MR) is 53.1 cm³/mol. The van der Waals surface area contributed by atoms with Gasteiger partial charge in [-0.25, -0.2) is 8.42 Å².